The van der Waals surface area contributed by atoms with Crippen molar-refractivity contribution in [1.29, 1.82) is 0 Å². The Labute approximate surface area is 55.1 Å². The normalized spacial score (nSPS) is 36.7. The van der Waals surface area contributed by atoms with Gasteiger partial charge >= 0.3 is 0 Å². The van der Waals surface area contributed by atoms with E-state index < -0.39 is 0 Å². The average molecular weight is 128 g/mol. The van der Waals surface area contributed by atoms with Crippen LogP contribution in [0.4, 0.5) is 0 Å². The summed E-state index contributed by atoms with van der Waals surface area (Å²) in [6.45, 7) is 2.90. The van der Waals surface area contributed by atoms with Crippen LogP contribution < -0.4 is 0 Å². The summed E-state index contributed by atoms with van der Waals surface area (Å²) in [4.78, 5) is 0. The minimum atomic E-state index is 0.605. The van der Waals surface area contributed by atoms with Crippen LogP contribution in [0.2, 0.25) is 0 Å². The summed E-state index contributed by atoms with van der Waals surface area (Å²) in [6, 6.07) is 0. The standard InChI is InChI=1S/C7H12O2/c1-3-8-4-2-6(1)7-5-9-7/h6-7H,1-5H2/t7-/m1/s1. The summed E-state index contributed by atoms with van der Waals surface area (Å²) in [5, 5.41) is 0. The predicted molar refractivity (Wildman–Crippen MR) is 33.3 cm³/mol. The molecular formula is C7H12O2. The number of hydrogen-bond donors (Lipinski definition) is 0. The Bertz CT molecular complexity index is 93.1. The van der Waals surface area contributed by atoms with E-state index in [-0.39, 0.29) is 0 Å². The van der Waals surface area contributed by atoms with Gasteiger partial charge in [0.05, 0.1) is 12.7 Å². The Morgan fingerprint density at radius 3 is 2.33 bits per heavy atom. The number of hydrogen-bond acceptors (Lipinski definition) is 2. The Morgan fingerprint density at radius 1 is 1.11 bits per heavy atom. The van der Waals surface area contributed by atoms with Gasteiger partial charge in [0.15, 0.2) is 0 Å². The number of ether oxygens (including phenoxy) is 2. The van der Waals surface area contributed by atoms with E-state index in [1.165, 1.54) is 12.8 Å². The van der Waals surface area contributed by atoms with Gasteiger partial charge in [-0.15, -0.1) is 0 Å². The molecule has 2 saturated heterocycles. The van der Waals surface area contributed by atoms with Gasteiger partial charge in [-0.25, -0.2) is 0 Å². The Morgan fingerprint density at radius 2 is 1.78 bits per heavy atom. The van der Waals surface area contributed by atoms with E-state index in [0.29, 0.717) is 6.10 Å². The smallest absolute Gasteiger partial charge is 0.0839 e. The van der Waals surface area contributed by atoms with Crippen LogP contribution in [0.25, 0.3) is 0 Å². The molecule has 2 rings (SSSR count). The molecule has 0 bridgehead atoms. The van der Waals surface area contributed by atoms with Gasteiger partial charge < -0.3 is 9.47 Å². The zero-order chi connectivity index (χ0) is 6.10. The fraction of sp³-hybridized carbons (Fsp3) is 1.00. The van der Waals surface area contributed by atoms with Crippen LogP contribution in [0.5, 0.6) is 0 Å². The summed E-state index contributed by atoms with van der Waals surface area (Å²) in [7, 11) is 0. The van der Waals surface area contributed by atoms with Crippen molar-refractivity contribution in [2.24, 2.45) is 5.92 Å². The van der Waals surface area contributed by atoms with Crippen molar-refractivity contribution in [2.75, 3.05) is 19.8 Å². The molecule has 2 fully saturated rings. The molecule has 2 aliphatic rings. The molecule has 2 heteroatoms. The molecule has 2 aliphatic heterocycles. The molecule has 0 saturated carbocycles. The van der Waals surface area contributed by atoms with E-state index >= 15 is 0 Å². The summed E-state index contributed by atoms with van der Waals surface area (Å²) in [6.07, 6.45) is 3.03. The van der Waals surface area contributed by atoms with Crippen molar-refractivity contribution in [2.45, 2.75) is 18.9 Å². The molecular weight excluding hydrogens is 116 g/mol. The third-order valence-corrected chi connectivity index (χ3v) is 2.15. The molecule has 1 atom stereocenters. The van der Waals surface area contributed by atoms with Gasteiger partial charge in [-0.3, -0.25) is 0 Å². The molecule has 2 heterocycles. The molecule has 0 N–H and O–H groups in total. The highest BCUT2D eigenvalue weighted by molar-refractivity contribution is 4.80. The third-order valence-electron chi connectivity index (χ3n) is 2.15. The molecule has 0 unspecified atom stereocenters. The predicted octanol–water partition coefficient (Wildman–Crippen LogP) is 0.812. The lowest BCUT2D eigenvalue weighted by Gasteiger charge is -2.19. The molecule has 0 spiro atoms. The van der Waals surface area contributed by atoms with Crippen LogP contribution >= 0.6 is 0 Å². The molecule has 0 aromatic rings. The van der Waals surface area contributed by atoms with Crippen molar-refractivity contribution in [3.05, 3.63) is 0 Å². The van der Waals surface area contributed by atoms with Crippen LogP contribution in [0.3, 0.4) is 0 Å². The highest BCUT2D eigenvalue weighted by atomic mass is 16.6. The van der Waals surface area contributed by atoms with E-state index in [9.17, 15) is 0 Å². The van der Waals surface area contributed by atoms with Crippen molar-refractivity contribution < 1.29 is 9.47 Å². The zero-order valence-corrected chi connectivity index (χ0v) is 5.51. The Balaban J connectivity index is 1.80. The number of rotatable bonds is 1. The lowest BCUT2D eigenvalue weighted by atomic mass is 9.97. The SMILES string of the molecule is C1CC([C@H]2CO2)CCO1. The van der Waals surface area contributed by atoms with Crippen LogP contribution in [-0.2, 0) is 9.47 Å². The first-order valence-corrected chi connectivity index (χ1v) is 3.66. The molecule has 0 amide bonds. The maximum Gasteiger partial charge on any atom is 0.0839 e. The zero-order valence-electron chi connectivity index (χ0n) is 5.51. The monoisotopic (exact) mass is 128 g/mol. The average Bonchev–Trinajstić information content (AvgIpc) is 2.71. The quantitative estimate of drug-likeness (QED) is 0.487. The Hall–Kier alpha value is -0.0800. The highest BCUT2D eigenvalue weighted by Crippen LogP contribution is 2.28. The van der Waals surface area contributed by atoms with Crippen LogP contribution in [0.1, 0.15) is 12.8 Å². The molecule has 0 aromatic carbocycles. The first kappa shape index (κ1) is 5.69. The number of epoxide rings is 1. The van der Waals surface area contributed by atoms with E-state index in [1.54, 1.807) is 0 Å². The molecule has 9 heavy (non-hydrogen) atoms. The first-order valence-electron chi connectivity index (χ1n) is 3.66. The van der Waals surface area contributed by atoms with Gasteiger partial charge in [-0.2, -0.15) is 0 Å². The van der Waals surface area contributed by atoms with Gasteiger partial charge in [0, 0.05) is 13.2 Å². The van der Waals surface area contributed by atoms with Gasteiger partial charge in [0.1, 0.15) is 0 Å². The van der Waals surface area contributed by atoms with Crippen molar-refractivity contribution in [3.8, 4) is 0 Å². The lowest BCUT2D eigenvalue weighted by Crippen LogP contribution is -2.19. The summed E-state index contributed by atoms with van der Waals surface area (Å²) in [5.74, 6) is 0.818. The van der Waals surface area contributed by atoms with Crippen molar-refractivity contribution >= 4 is 0 Å². The van der Waals surface area contributed by atoms with Gasteiger partial charge in [-0.05, 0) is 18.8 Å². The second-order valence-corrected chi connectivity index (χ2v) is 2.82. The molecule has 2 nitrogen and oxygen atoms in total. The maximum atomic E-state index is 5.22. The second kappa shape index (κ2) is 2.27. The van der Waals surface area contributed by atoms with E-state index in [4.69, 9.17) is 9.47 Å². The van der Waals surface area contributed by atoms with Crippen molar-refractivity contribution in [3.63, 3.8) is 0 Å². The van der Waals surface area contributed by atoms with Crippen LogP contribution in [0.15, 0.2) is 0 Å². The lowest BCUT2D eigenvalue weighted by molar-refractivity contribution is 0.0572. The van der Waals surface area contributed by atoms with E-state index in [1.807, 2.05) is 0 Å². The minimum absolute atomic E-state index is 0.605. The fourth-order valence-corrected chi connectivity index (χ4v) is 1.42. The fourth-order valence-electron chi connectivity index (χ4n) is 1.42. The minimum Gasteiger partial charge on any atom is -0.381 e. The highest BCUT2D eigenvalue weighted by Gasteiger charge is 2.33. The summed E-state index contributed by atoms with van der Waals surface area (Å²) < 4.78 is 10.4. The molecule has 52 valence electrons. The van der Waals surface area contributed by atoms with Crippen LogP contribution in [0, 0.1) is 5.92 Å². The first-order chi connectivity index (χ1) is 4.47. The summed E-state index contributed by atoms with van der Waals surface area (Å²) >= 11 is 0. The van der Waals surface area contributed by atoms with Gasteiger partial charge in [0.25, 0.3) is 0 Å². The van der Waals surface area contributed by atoms with Gasteiger partial charge in [-0.1, -0.05) is 0 Å². The van der Waals surface area contributed by atoms with E-state index in [0.717, 1.165) is 25.7 Å². The third kappa shape index (κ3) is 1.25. The van der Waals surface area contributed by atoms with E-state index in [2.05, 4.69) is 0 Å². The summed E-state index contributed by atoms with van der Waals surface area (Å²) in [5.41, 5.74) is 0. The molecule has 0 aliphatic carbocycles. The van der Waals surface area contributed by atoms with Crippen LogP contribution in [-0.4, -0.2) is 25.9 Å². The molecule has 0 aromatic heterocycles. The van der Waals surface area contributed by atoms with Crippen molar-refractivity contribution in [1.82, 2.24) is 0 Å². The van der Waals surface area contributed by atoms with Gasteiger partial charge in [0.2, 0.25) is 0 Å². The topological polar surface area (TPSA) is 21.8 Å². The molecule has 0 radical (unpaired) electrons. The maximum absolute atomic E-state index is 5.22. The second-order valence-electron chi connectivity index (χ2n) is 2.82. The Kier molecular flexibility index (Phi) is 1.44. The largest absolute Gasteiger partial charge is 0.381 e.